The van der Waals surface area contributed by atoms with Gasteiger partial charge in [-0.25, -0.2) is 9.67 Å². The molecule has 1 N–H and O–H groups in total. The molecule has 0 radical (unpaired) electrons. The van der Waals surface area contributed by atoms with Crippen molar-refractivity contribution in [2.24, 2.45) is 0 Å². The number of carbonyl (C=O) groups is 1. The van der Waals surface area contributed by atoms with Crippen molar-refractivity contribution in [3.8, 4) is 5.69 Å². The molecule has 0 aliphatic rings. The fourth-order valence-corrected chi connectivity index (χ4v) is 3.39. The summed E-state index contributed by atoms with van der Waals surface area (Å²) in [6.07, 6.45) is 3.22. The molecule has 0 aliphatic heterocycles. The summed E-state index contributed by atoms with van der Waals surface area (Å²) >= 11 is 1.35. The summed E-state index contributed by atoms with van der Waals surface area (Å²) in [4.78, 5) is 33.3. The minimum absolute atomic E-state index is 0.183. The van der Waals surface area contributed by atoms with E-state index in [-0.39, 0.29) is 18.0 Å². The third kappa shape index (κ3) is 3.02. The Labute approximate surface area is 152 Å². The van der Waals surface area contributed by atoms with E-state index in [9.17, 15) is 9.59 Å². The smallest absolute Gasteiger partial charge is 0.268 e. The molecule has 130 valence electrons. The molecular formula is C18H15N5O2S. The Morgan fingerprint density at radius 2 is 2.08 bits per heavy atom. The second kappa shape index (κ2) is 6.57. The molecule has 3 aromatic heterocycles. The Bertz CT molecular complexity index is 1130. The van der Waals surface area contributed by atoms with Gasteiger partial charge in [0.2, 0.25) is 0 Å². The van der Waals surface area contributed by atoms with Crippen LogP contribution in [-0.4, -0.2) is 37.6 Å². The summed E-state index contributed by atoms with van der Waals surface area (Å²) in [5.74, 6) is 0.257. The molecule has 0 aliphatic carbocycles. The summed E-state index contributed by atoms with van der Waals surface area (Å²) in [6, 6.07) is 11.4. The molecule has 0 fully saturated rings. The van der Waals surface area contributed by atoms with Crippen molar-refractivity contribution in [3.05, 3.63) is 75.9 Å². The first kappa shape index (κ1) is 16.2. The zero-order chi connectivity index (χ0) is 18.1. The van der Waals surface area contributed by atoms with E-state index in [0.717, 1.165) is 5.69 Å². The lowest BCUT2D eigenvalue weighted by Crippen LogP contribution is -2.28. The van der Waals surface area contributed by atoms with Crippen LogP contribution in [-0.2, 0) is 6.54 Å². The number of H-pyrrole nitrogens is 1. The van der Waals surface area contributed by atoms with Crippen molar-refractivity contribution < 1.29 is 4.79 Å². The van der Waals surface area contributed by atoms with Crippen LogP contribution in [0.15, 0.2) is 59.0 Å². The quantitative estimate of drug-likeness (QED) is 0.602. The monoisotopic (exact) mass is 365 g/mol. The predicted molar refractivity (Wildman–Crippen MR) is 99.6 cm³/mol. The molecule has 0 unspecified atom stereocenters. The Morgan fingerprint density at radius 1 is 1.27 bits per heavy atom. The van der Waals surface area contributed by atoms with Crippen molar-refractivity contribution >= 4 is 27.5 Å². The Balaban J connectivity index is 1.54. The SMILES string of the molecule is CN(Cc1nc2ccsc2c(=O)[nH]1)C(=O)c1cnn(-c2ccccc2)c1. The van der Waals surface area contributed by atoms with Gasteiger partial charge in [0.1, 0.15) is 10.5 Å². The molecule has 0 atom stereocenters. The van der Waals surface area contributed by atoms with Crippen LogP contribution in [0.5, 0.6) is 0 Å². The van der Waals surface area contributed by atoms with Gasteiger partial charge in [-0.2, -0.15) is 5.10 Å². The van der Waals surface area contributed by atoms with Gasteiger partial charge < -0.3 is 9.88 Å². The van der Waals surface area contributed by atoms with Crippen LogP contribution in [0.2, 0.25) is 0 Å². The lowest BCUT2D eigenvalue weighted by atomic mass is 10.3. The third-order valence-electron chi connectivity index (χ3n) is 3.95. The number of aromatic amines is 1. The minimum Gasteiger partial charge on any atom is -0.334 e. The first-order valence-corrected chi connectivity index (χ1v) is 8.82. The molecular weight excluding hydrogens is 350 g/mol. The Hall–Kier alpha value is -3.26. The van der Waals surface area contributed by atoms with Gasteiger partial charge in [0.25, 0.3) is 11.5 Å². The summed E-state index contributed by atoms with van der Waals surface area (Å²) in [5.41, 5.74) is 1.81. The largest absolute Gasteiger partial charge is 0.334 e. The zero-order valence-corrected chi connectivity index (χ0v) is 14.7. The predicted octanol–water partition coefficient (Wildman–Crippen LogP) is 2.44. The number of thiophene rings is 1. The number of fused-ring (bicyclic) bond motifs is 1. The number of rotatable bonds is 4. The standard InChI is InChI=1S/C18H15N5O2S/c1-22(11-15-20-14-7-8-26-16(14)17(24)21-15)18(25)12-9-19-23(10-12)13-5-3-2-4-6-13/h2-10H,11H2,1H3,(H,20,21,24). The molecule has 1 amide bonds. The maximum atomic E-state index is 12.6. The topological polar surface area (TPSA) is 83.9 Å². The molecule has 0 spiro atoms. The van der Waals surface area contributed by atoms with Crippen LogP contribution in [0.3, 0.4) is 0 Å². The average molecular weight is 365 g/mol. The van der Waals surface area contributed by atoms with Gasteiger partial charge in [-0.3, -0.25) is 9.59 Å². The molecule has 0 saturated carbocycles. The lowest BCUT2D eigenvalue weighted by Gasteiger charge is -2.15. The normalized spacial score (nSPS) is 11.0. The van der Waals surface area contributed by atoms with Gasteiger partial charge >= 0.3 is 0 Å². The van der Waals surface area contributed by atoms with Crippen molar-refractivity contribution in [2.45, 2.75) is 6.54 Å². The van der Waals surface area contributed by atoms with Crippen molar-refractivity contribution in [2.75, 3.05) is 7.05 Å². The molecule has 4 aromatic rings. The fraction of sp³-hybridized carbons (Fsp3) is 0.111. The first-order valence-electron chi connectivity index (χ1n) is 7.94. The Kier molecular flexibility index (Phi) is 4.10. The zero-order valence-electron chi connectivity index (χ0n) is 13.9. The van der Waals surface area contributed by atoms with Gasteiger partial charge in [-0.05, 0) is 23.6 Å². The van der Waals surface area contributed by atoms with Crippen LogP contribution < -0.4 is 5.56 Å². The summed E-state index contributed by atoms with van der Waals surface area (Å²) < 4.78 is 2.24. The van der Waals surface area contributed by atoms with Crippen molar-refractivity contribution in [1.29, 1.82) is 0 Å². The van der Waals surface area contributed by atoms with Gasteiger partial charge in [0, 0.05) is 13.2 Å². The van der Waals surface area contributed by atoms with Gasteiger partial charge in [0.15, 0.2) is 0 Å². The third-order valence-corrected chi connectivity index (χ3v) is 4.85. The summed E-state index contributed by atoms with van der Waals surface area (Å²) in [6.45, 7) is 0.205. The number of amides is 1. The van der Waals surface area contributed by atoms with Crippen LogP contribution in [0, 0.1) is 0 Å². The second-order valence-corrected chi connectivity index (χ2v) is 6.73. The summed E-state index contributed by atoms with van der Waals surface area (Å²) in [7, 11) is 1.67. The van der Waals surface area contributed by atoms with Crippen molar-refractivity contribution in [3.63, 3.8) is 0 Å². The van der Waals surface area contributed by atoms with E-state index in [4.69, 9.17) is 0 Å². The van der Waals surface area contributed by atoms with Crippen LogP contribution >= 0.6 is 11.3 Å². The number of nitrogens with one attached hydrogen (secondary N) is 1. The molecule has 8 heteroatoms. The van der Waals surface area contributed by atoms with E-state index < -0.39 is 0 Å². The van der Waals surface area contributed by atoms with Crippen LogP contribution in [0.1, 0.15) is 16.2 Å². The molecule has 26 heavy (non-hydrogen) atoms. The maximum Gasteiger partial charge on any atom is 0.268 e. The molecule has 1 aromatic carbocycles. The van der Waals surface area contributed by atoms with Crippen molar-refractivity contribution in [1.82, 2.24) is 24.6 Å². The molecule has 0 saturated heterocycles. The van der Waals surface area contributed by atoms with E-state index in [1.165, 1.54) is 22.4 Å². The molecule has 0 bridgehead atoms. The van der Waals surface area contributed by atoms with Gasteiger partial charge in [0.05, 0.1) is 29.5 Å². The molecule has 3 heterocycles. The lowest BCUT2D eigenvalue weighted by molar-refractivity contribution is 0.0781. The first-order chi connectivity index (χ1) is 12.6. The Morgan fingerprint density at radius 3 is 2.88 bits per heavy atom. The number of nitrogens with zero attached hydrogens (tertiary/aromatic N) is 4. The van der Waals surface area contributed by atoms with E-state index >= 15 is 0 Å². The van der Waals surface area contributed by atoms with E-state index in [1.54, 1.807) is 24.0 Å². The number of carbonyl (C=O) groups excluding carboxylic acids is 1. The summed E-state index contributed by atoms with van der Waals surface area (Å²) in [5, 5.41) is 6.07. The number of benzene rings is 1. The van der Waals surface area contributed by atoms with Crippen LogP contribution in [0.25, 0.3) is 15.9 Å². The minimum atomic E-state index is -0.194. The number of para-hydroxylation sites is 1. The van der Waals surface area contributed by atoms with Gasteiger partial charge in [-0.15, -0.1) is 11.3 Å². The highest BCUT2D eigenvalue weighted by Gasteiger charge is 2.16. The number of hydrogen-bond acceptors (Lipinski definition) is 5. The highest BCUT2D eigenvalue weighted by atomic mass is 32.1. The van der Waals surface area contributed by atoms with Crippen LogP contribution in [0.4, 0.5) is 0 Å². The van der Waals surface area contributed by atoms with E-state index in [1.807, 2.05) is 35.7 Å². The van der Waals surface area contributed by atoms with E-state index in [0.29, 0.717) is 21.6 Å². The van der Waals surface area contributed by atoms with E-state index in [2.05, 4.69) is 15.1 Å². The number of hydrogen-bond donors (Lipinski definition) is 1. The second-order valence-electron chi connectivity index (χ2n) is 5.82. The molecule has 7 nitrogen and oxygen atoms in total. The number of aromatic nitrogens is 4. The highest BCUT2D eigenvalue weighted by Crippen LogP contribution is 2.15. The van der Waals surface area contributed by atoms with Gasteiger partial charge in [-0.1, -0.05) is 18.2 Å². The average Bonchev–Trinajstić information content (AvgIpc) is 3.31. The fourth-order valence-electron chi connectivity index (χ4n) is 2.67. The highest BCUT2D eigenvalue weighted by molar-refractivity contribution is 7.17. The molecule has 4 rings (SSSR count). The maximum absolute atomic E-state index is 12.6.